The van der Waals surface area contributed by atoms with Crippen LogP contribution in [-0.2, 0) is 44.0 Å². The Morgan fingerprint density at radius 1 is 0.477 bits per heavy atom. The third kappa shape index (κ3) is 16.6. The van der Waals surface area contributed by atoms with E-state index in [9.17, 15) is 9.59 Å². The van der Waals surface area contributed by atoms with E-state index in [1.807, 2.05) is 67.6 Å². The van der Waals surface area contributed by atoms with Crippen molar-refractivity contribution in [2.75, 3.05) is 12.0 Å². The molecule has 8 bridgehead atoms. The van der Waals surface area contributed by atoms with Crippen molar-refractivity contribution < 1.29 is 43.0 Å². The molecule has 2 atom stereocenters. The minimum absolute atomic E-state index is 0.000807. The minimum Gasteiger partial charge on any atom is -0.469 e. The maximum Gasteiger partial charge on any atom is 0.305 e. The highest BCUT2D eigenvalue weighted by Crippen LogP contribution is 2.56. The third-order valence-corrected chi connectivity index (χ3v) is 28.7. The number of ketones is 1. The largest absolute Gasteiger partial charge is 0.469 e. The number of unbranched alkanes of at least 4 members (excludes halogenated alkanes) is 14. The number of methoxy groups -OCH3 is 1. The van der Waals surface area contributed by atoms with Crippen LogP contribution in [0, 0.1) is 13.8 Å². The Labute approximate surface area is 756 Å². The number of aryl methyl sites for hydroxylation is 3. The van der Waals surface area contributed by atoms with Crippen LogP contribution in [0.3, 0.4) is 0 Å². The van der Waals surface area contributed by atoms with Gasteiger partial charge in [0.2, 0.25) is 0 Å². The highest BCUT2D eigenvalue weighted by molar-refractivity contribution is 6.45. The molecule has 0 unspecified atom stereocenters. The number of nitrogens with zero attached hydrogens (tertiary/aromatic N) is 4. The molecule has 15 heteroatoms. The number of amides is 4. The highest BCUT2D eigenvalue weighted by atomic mass is 16.5. The number of carbonyl (C=O) groups excluding carboxylic acids is 6. The monoisotopic (exact) mass is 1720 g/mol. The first-order valence-electron chi connectivity index (χ1n) is 47.9. The Morgan fingerprint density at radius 3 is 1.44 bits per heavy atom. The van der Waals surface area contributed by atoms with Crippen molar-refractivity contribution in [2.24, 2.45) is 0 Å². The topological polar surface area (TPSA) is 194 Å². The fourth-order valence-corrected chi connectivity index (χ4v) is 21.1. The van der Waals surface area contributed by atoms with E-state index in [-0.39, 0.29) is 81.5 Å². The van der Waals surface area contributed by atoms with Crippen molar-refractivity contribution in [3.8, 4) is 34.1 Å². The maximum atomic E-state index is 16.8. The van der Waals surface area contributed by atoms with E-state index in [1.165, 1.54) is 76.2 Å². The van der Waals surface area contributed by atoms with Gasteiger partial charge in [-0.25, -0.2) is 9.88 Å². The van der Waals surface area contributed by atoms with Crippen molar-refractivity contribution >= 4 is 117 Å². The van der Waals surface area contributed by atoms with Gasteiger partial charge in [-0.2, -0.15) is 0 Å². The molecule has 5 aliphatic rings. The SMILES string of the molecule is CCCCCCCCCCC(CCCCCCCCCC)N1C(=O)c2ccc3c4c(Oc5cc(C(C)(C)C)cc(C(C)(C)C)c5)cc5c6c(ccc(c7c(Oc8cc(C(C)(C)C)cc(C(C)(C)C)c8)cc(c2c37)C1=O)c64)C(=O)N(c1ccc(-c2c3nc(c4c6[nH]c(cc7nc(cc8[nH]c2c(C)c8CC)C(C)=C7CC)c(C)c6C(=O)C4)[C@@H](CCC(=O)OC)[C@@H]3C)cc1)C5=O. The molecule has 0 spiro atoms. The van der Waals surface area contributed by atoms with Gasteiger partial charge in [0.25, 0.3) is 23.6 Å². The van der Waals surface area contributed by atoms with Gasteiger partial charge in [-0.05, 0) is 214 Å². The van der Waals surface area contributed by atoms with Gasteiger partial charge in [-0.3, -0.25) is 38.7 Å². The Bertz CT molecular complexity index is 6450. The zero-order valence-electron chi connectivity index (χ0n) is 79.9. The Kier molecular flexibility index (Phi) is 25.0. The number of fused-ring (bicyclic) bond motifs is 10. The van der Waals surface area contributed by atoms with Gasteiger partial charge in [0.05, 0.1) is 57.7 Å². The number of nitrogens with one attached hydrogen (secondary N) is 2. The number of imide groups is 2. The maximum absolute atomic E-state index is 16.8. The van der Waals surface area contributed by atoms with Gasteiger partial charge in [-0.15, -0.1) is 0 Å². The number of hydrogen-bond acceptors (Lipinski definition) is 11. The molecule has 128 heavy (non-hydrogen) atoms. The average molecular weight is 1720 g/mol. The molecule has 0 fully saturated rings. The molecule has 668 valence electrons. The normalized spacial score (nSPS) is 15.5. The second-order valence-corrected chi connectivity index (χ2v) is 41.5. The zero-order chi connectivity index (χ0) is 91.2. The molecule has 8 aromatic carbocycles. The quantitative estimate of drug-likeness (QED) is 0.0143. The highest BCUT2D eigenvalue weighted by Gasteiger charge is 2.44. The van der Waals surface area contributed by atoms with Crippen molar-refractivity contribution in [2.45, 2.75) is 326 Å². The Hall–Kier alpha value is -11.1. The first kappa shape index (κ1) is 90.3. The number of hydrogen-bond donors (Lipinski definition) is 2. The van der Waals surface area contributed by atoms with Crippen LogP contribution < -0.4 is 14.4 Å². The summed E-state index contributed by atoms with van der Waals surface area (Å²) in [5, 5.41) is 4.80. The number of aromatic amines is 2. The molecule has 7 heterocycles. The molecule has 15 nitrogen and oxygen atoms in total. The summed E-state index contributed by atoms with van der Waals surface area (Å²) >= 11 is 0. The summed E-state index contributed by atoms with van der Waals surface area (Å²) in [7, 11) is 1.41. The van der Waals surface area contributed by atoms with E-state index in [2.05, 4.69) is 190 Å². The number of H-pyrrole nitrogens is 2. The smallest absolute Gasteiger partial charge is 0.305 e. The lowest BCUT2D eigenvalue weighted by atomic mass is 9.80. The van der Waals surface area contributed by atoms with Crippen molar-refractivity contribution in [1.29, 1.82) is 0 Å². The van der Waals surface area contributed by atoms with Crippen LogP contribution >= 0.6 is 0 Å². The van der Waals surface area contributed by atoms with Crippen LogP contribution in [0.2, 0.25) is 0 Å². The van der Waals surface area contributed by atoms with Crippen LogP contribution in [-0.4, -0.2) is 73.4 Å². The fourth-order valence-electron chi connectivity index (χ4n) is 21.1. The van der Waals surface area contributed by atoms with Crippen LogP contribution in [0.25, 0.3) is 87.4 Å². The number of anilines is 1. The summed E-state index contributed by atoms with van der Waals surface area (Å²) in [6.07, 6.45) is 21.8. The molecule has 3 aromatic heterocycles. The lowest BCUT2D eigenvalue weighted by Gasteiger charge is -2.35. The van der Waals surface area contributed by atoms with Crippen molar-refractivity contribution in [3.05, 3.63) is 204 Å². The number of carbonyl (C=O) groups is 6. The number of allylic oxidation sites excluding steroid dienone is 2. The number of rotatable bonds is 30. The standard InChI is InChI=1S/C113H132N6O9/c1-22-26-28-30-32-34-36-38-40-72(41-39-37-35-33-31-29-27-23-2)118-106(122)81-48-46-79-99-92(128-75-56-70(112(15,16)17)53-71(57-75)113(18,19)20)60-84-97-82(49-47-80(101(97)99)98-91(59-83(108(118)124)96(81)100(79)98)127-74-54-68(110(9,10)11)52-69(55-74)111(12,13)14)107(123)119(109(84)125)73-44-42-67(43-45-73)95-102-64(6)77(25-4)89(116-102)61-86-63(5)76(24-3)88(114-86)62-87-66(8)94-90(120)58-85(105(94)115-87)104-78(50-51-93(121)126-21)65(7)103(95)117-104/h42-49,52-57,59-62,65,72,78,115-116H,22-41,50-51,58H2,1-21H3/t65-,78-/m0/s1. The first-order chi connectivity index (χ1) is 61.0. The summed E-state index contributed by atoms with van der Waals surface area (Å²) in [6, 6.07) is 35.9. The molecule has 1 aliphatic carbocycles. The molecule has 16 rings (SSSR count). The van der Waals surface area contributed by atoms with Crippen molar-refractivity contribution in [1.82, 2.24) is 24.8 Å². The van der Waals surface area contributed by atoms with E-state index >= 15 is 19.2 Å². The second-order valence-electron chi connectivity index (χ2n) is 41.5. The van der Waals surface area contributed by atoms with Gasteiger partial charge in [-0.1, -0.05) is 257 Å². The molecular weight excluding hydrogens is 1590 g/mol. The zero-order valence-corrected chi connectivity index (χ0v) is 79.9. The van der Waals surface area contributed by atoms with Crippen LogP contribution in [0.1, 0.15) is 390 Å². The summed E-state index contributed by atoms with van der Waals surface area (Å²) in [5.41, 5.74) is 19.4. The molecular formula is C113H132N6O9. The predicted molar refractivity (Wildman–Crippen MR) is 524 cm³/mol. The number of Topliss-reactive ketones (excluding diaryl/α,β-unsaturated/α-hetero) is 1. The first-order valence-corrected chi connectivity index (χ1v) is 47.9. The lowest BCUT2D eigenvalue weighted by molar-refractivity contribution is -0.140. The van der Waals surface area contributed by atoms with Gasteiger partial charge in [0.15, 0.2) is 5.78 Å². The molecule has 11 aromatic rings. The number of ether oxygens (including phenoxy) is 3. The van der Waals surface area contributed by atoms with Gasteiger partial charge in [0.1, 0.15) is 23.0 Å². The van der Waals surface area contributed by atoms with E-state index in [0.717, 1.165) is 157 Å². The summed E-state index contributed by atoms with van der Waals surface area (Å²) in [4.78, 5) is 116. The van der Waals surface area contributed by atoms with Crippen molar-refractivity contribution in [3.63, 3.8) is 0 Å². The van der Waals surface area contributed by atoms with E-state index in [1.54, 1.807) is 4.90 Å². The Morgan fingerprint density at radius 2 is 0.945 bits per heavy atom. The van der Waals surface area contributed by atoms with Crippen LogP contribution in [0.4, 0.5) is 5.69 Å². The van der Waals surface area contributed by atoms with Gasteiger partial charge in [0, 0.05) is 102 Å². The minimum atomic E-state index is -0.561. The van der Waals surface area contributed by atoms with E-state index < -0.39 is 11.8 Å². The molecule has 0 saturated carbocycles. The summed E-state index contributed by atoms with van der Waals surface area (Å²) < 4.78 is 20.6. The van der Waals surface area contributed by atoms with Crippen LogP contribution in [0.15, 0.2) is 109 Å². The third-order valence-electron chi connectivity index (χ3n) is 28.7. The molecule has 4 aliphatic heterocycles. The van der Waals surface area contributed by atoms with Gasteiger partial charge >= 0.3 is 5.97 Å². The van der Waals surface area contributed by atoms with E-state index in [0.29, 0.717) is 120 Å². The predicted octanol–water partition coefficient (Wildman–Crippen LogP) is 29.7. The van der Waals surface area contributed by atoms with Gasteiger partial charge < -0.3 is 24.2 Å². The second kappa shape index (κ2) is 35.4. The number of esters is 1. The van der Waals surface area contributed by atoms with Crippen LogP contribution in [0.5, 0.6) is 23.0 Å². The lowest BCUT2D eigenvalue weighted by Crippen LogP contribution is -2.47. The Balaban J connectivity index is 0.907. The molecule has 0 radical (unpaired) electrons. The van der Waals surface area contributed by atoms with E-state index in [4.69, 9.17) is 24.2 Å². The fraction of sp³-hybridized carbons (Fsp3) is 0.451. The average Bonchev–Trinajstić information content (AvgIpc) is 0.799. The molecule has 2 N–H and O–H groups in total. The summed E-state index contributed by atoms with van der Waals surface area (Å²) in [6.45, 7) is 43.6. The number of aromatic nitrogens is 4. The molecule has 4 amide bonds. The summed E-state index contributed by atoms with van der Waals surface area (Å²) in [5.74, 6) is -0.772. The molecule has 0 saturated heterocycles. The number of benzene rings is 8.